The Hall–Kier alpha value is -2.22. The third-order valence-electron chi connectivity index (χ3n) is 5.07. The van der Waals surface area contributed by atoms with Gasteiger partial charge in [-0.2, -0.15) is 0 Å². The number of halogens is 1. The Kier molecular flexibility index (Phi) is 4.30. The maximum Gasteiger partial charge on any atom is 0.213 e. The van der Waals surface area contributed by atoms with Crippen molar-refractivity contribution >= 4 is 10.8 Å². The molecule has 0 fully saturated rings. The molecule has 2 aromatic carbocycles. The van der Waals surface area contributed by atoms with E-state index in [1.807, 2.05) is 33.0 Å². The molecule has 0 bridgehead atoms. The summed E-state index contributed by atoms with van der Waals surface area (Å²) in [5, 5.41) is 1.79. The molecule has 0 saturated carbocycles. The lowest BCUT2D eigenvalue weighted by Gasteiger charge is -2.21. The number of pyridine rings is 1. The van der Waals surface area contributed by atoms with Gasteiger partial charge in [-0.15, -0.1) is 0 Å². The number of rotatable bonds is 2. The van der Waals surface area contributed by atoms with Crippen molar-refractivity contribution in [3.05, 3.63) is 65.1 Å². The Morgan fingerprint density at radius 2 is 1.77 bits per heavy atom. The number of hydrogen-bond donors (Lipinski definition) is 0. The highest BCUT2D eigenvalue weighted by Crippen LogP contribution is 2.38. The van der Waals surface area contributed by atoms with Crippen molar-refractivity contribution in [3.8, 4) is 11.3 Å². The Morgan fingerprint density at radius 1 is 1.08 bits per heavy atom. The summed E-state index contributed by atoms with van der Waals surface area (Å²) in [4.78, 5) is 0. The van der Waals surface area contributed by atoms with Crippen LogP contribution in [-0.4, -0.2) is 0 Å². The van der Waals surface area contributed by atoms with Gasteiger partial charge in [0.15, 0.2) is 6.20 Å². The summed E-state index contributed by atoms with van der Waals surface area (Å²) in [6, 6.07) is 11.3. The molecule has 0 atom stereocenters. The molecule has 3 rings (SSSR count). The largest absolute Gasteiger partial charge is 0.213 e. The molecule has 1 aromatic heterocycles. The Balaban J connectivity index is 2.46. The smallest absolute Gasteiger partial charge is 0.207 e. The number of benzene rings is 2. The first-order valence-corrected chi connectivity index (χ1v) is 9.13. The predicted molar refractivity (Wildman–Crippen MR) is 108 cm³/mol. The molecule has 0 radical (unpaired) electrons. The van der Waals surface area contributed by atoms with Crippen LogP contribution >= 0.6 is 0 Å². The van der Waals surface area contributed by atoms with Crippen molar-refractivity contribution in [2.75, 3.05) is 0 Å². The SMILES string of the molecule is [2H]C(C)(C)c1c(-c2cc(C(C)(C)C)cc[n+]2C)c(C)cc2cc(F)ccc12. The molecule has 0 unspecified atom stereocenters. The maximum absolute atomic E-state index is 13.8. The number of aromatic nitrogens is 1. The van der Waals surface area contributed by atoms with Crippen LogP contribution in [0.4, 0.5) is 4.39 Å². The molecule has 2 heteroatoms. The third kappa shape index (κ3) is 3.25. The maximum atomic E-state index is 13.8. The monoisotopic (exact) mass is 351 g/mol. The van der Waals surface area contributed by atoms with E-state index in [1.165, 1.54) is 11.6 Å². The summed E-state index contributed by atoms with van der Waals surface area (Å²) in [5.74, 6) is -1.06. The van der Waals surface area contributed by atoms with Crippen LogP contribution in [0.1, 0.15) is 58.6 Å². The van der Waals surface area contributed by atoms with Gasteiger partial charge in [-0.05, 0) is 57.8 Å². The van der Waals surface area contributed by atoms with Crippen LogP contribution in [0.3, 0.4) is 0 Å². The minimum absolute atomic E-state index is 0.0353. The van der Waals surface area contributed by atoms with Gasteiger partial charge in [0.25, 0.3) is 0 Å². The van der Waals surface area contributed by atoms with Gasteiger partial charge in [0.2, 0.25) is 5.69 Å². The third-order valence-corrected chi connectivity index (χ3v) is 5.07. The fourth-order valence-corrected chi connectivity index (χ4v) is 3.65. The van der Waals surface area contributed by atoms with Crippen molar-refractivity contribution in [2.24, 2.45) is 7.05 Å². The van der Waals surface area contributed by atoms with E-state index in [1.54, 1.807) is 6.07 Å². The van der Waals surface area contributed by atoms with E-state index in [0.29, 0.717) is 0 Å². The molecule has 26 heavy (non-hydrogen) atoms. The van der Waals surface area contributed by atoms with Crippen LogP contribution < -0.4 is 4.57 Å². The molecular weight excluding hydrogens is 321 g/mol. The van der Waals surface area contributed by atoms with Crippen LogP contribution in [0.2, 0.25) is 0 Å². The van der Waals surface area contributed by atoms with E-state index in [2.05, 4.69) is 50.6 Å². The molecule has 0 spiro atoms. The lowest BCUT2D eigenvalue weighted by atomic mass is 9.83. The molecule has 1 heterocycles. The Bertz CT molecular complexity index is 1020. The minimum Gasteiger partial charge on any atom is -0.207 e. The van der Waals surface area contributed by atoms with Gasteiger partial charge >= 0.3 is 0 Å². The van der Waals surface area contributed by atoms with Gasteiger partial charge < -0.3 is 0 Å². The summed E-state index contributed by atoms with van der Waals surface area (Å²) >= 11 is 0. The highest BCUT2D eigenvalue weighted by Gasteiger charge is 2.24. The number of hydrogen-bond acceptors (Lipinski definition) is 0. The summed E-state index contributed by atoms with van der Waals surface area (Å²) in [5.41, 5.74) is 5.45. The summed E-state index contributed by atoms with van der Waals surface area (Å²) in [6.45, 7) is 12.5. The fourth-order valence-electron chi connectivity index (χ4n) is 3.65. The molecule has 136 valence electrons. The molecule has 0 N–H and O–H groups in total. The Morgan fingerprint density at radius 3 is 2.38 bits per heavy atom. The second kappa shape index (κ2) is 6.50. The highest BCUT2D eigenvalue weighted by molar-refractivity contribution is 5.93. The topological polar surface area (TPSA) is 3.88 Å². The van der Waals surface area contributed by atoms with Crippen LogP contribution in [0.15, 0.2) is 42.6 Å². The summed E-state index contributed by atoms with van der Waals surface area (Å²) in [7, 11) is 2.04. The lowest BCUT2D eigenvalue weighted by Crippen LogP contribution is -2.32. The van der Waals surface area contributed by atoms with Crippen molar-refractivity contribution in [1.82, 2.24) is 0 Å². The van der Waals surface area contributed by atoms with E-state index in [0.717, 1.165) is 33.2 Å². The first kappa shape index (κ1) is 17.2. The molecule has 0 amide bonds. The molecule has 1 nitrogen and oxygen atoms in total. The van der Waals surface area contributed by atoms with E-state index >= 15 is 0 Å². The molecule has 0 aliphatic carbocycles. The van der Waals surface area contributed by atoms with Crippen LogP contribution in [0.5, 0.6) is 0 Å². The van der Waals surface area contributed by atoms with Crippen molar-refractivity contribution in [2.45, 2.75) is 52.9 Å². The summed E-state index contributed by atoms with van der Waals surface area (Å²) in [6.07, 6.45) is 2.09. The molecular formula is C24H29FN+. The van der Waals surface area contributed by atoms with Gasteiger partial charge in [-0.3, -0.25) is 0 Å². The lowest BCUT2D eigenvalue weighted by molar-refractivity contribution is -0.660. The quantitative estimate of drug-likeness (QED) is 0.484. The zero-order valence-electron chi connectivity index (χ0n) is 17.9. The second-order valence-electron chi connectivity index (χ2n) is 8.47. The van der Waals surface area contributed by atoms with Gasteiger partial charge in [0.05, 0.1) is 5.56 Å². The molecule has 0 saturated heterocycles. The molecule has 0 aliphatic rings. The molecule has 0 aliphatic heterocycles. The van der Waals surface area contributed by atoms with Gasteiger partial charge in [-0.1, -0.05) is 46.8 Å². The van der Waals surface area contributed by atoms with Gasteiger partial charge in [0, 0.05) is 13.5 Å². The van der Waals surface area contributed by atoms with Crippen molar-refractivity contribution in [3.63, 3.8) is 0 Å². The van der Waals surface area contributed by atoms with Gasteiger partial charge in [0.1, 0.15) is 12.9 Å². The minimum atomic E-state index is -0.817. The summed E-state index contributed by atoms with van der Waals surface area (Å²) < 4.78 is 24.8. The normalized spacial score (nSPS) is 13.2. The van der Waals surface area contributed by atoms with Crippen LogP contribution in [0.25, 0.3) is 22.0 Å². The average molecular weight is 352 g/mol. The number of nitrogens with zero attached hydrogens (tertiary/aromatic N) is 1. The van der Waals surface area contributed by atoms with E-state index < -0.39 is 5.89 Å². The standard InChI is InChI=1S/C24H29FN/c1-15(2)22-20-9-8-19(25)13-17(20)12-16(3)23(22)21-14-18(24(4,5)6)10-11-26(21)7/h8-15H,1-7H3/q+1/i15D. The first-order valence-electron chi connectivity index (χ1n) is 9.63. The van der Waals surface area contributed by atoms with E-state index in [4.69, 9.17) is 1.37 Å². The molecule has 3 aromatic rings. The van der Waals surface area contributed by atoms with E-state index in [-0.39, 0.29) is 11.2 Å². The zero-order chi connectivity index (χ0) is 20.1. The van der Waals surface area contributed by atoms with Crippen LogP contribution in [-0.2, 0) is 12.5 Å². The van der Waals surface area contributed by atoms with Crippen molar-refractivity contribution < 1.29 is 10.3 Å². The predicted octanol–water partition coefficient (Wildman–Crippen LogP) is 6.20. The van der Waals surface area contributed by atoms with E-state index in [9.17, 15) is 4.39 Å². The Labute approximate surface area is 157 Å². The average Bonchev–Trinajstić information content (AvgIpc) is 2.52. The van der Waals surface area contributed by atoms with Gasteiger partial charge in [-0.25, -0.2) is 8.96 Å². The fraction of sp³-hybridized carbons (Fsp3) is 0.375. The first-order chi connectivity index (χ1) is 12.4. The number of aryl methyl sites for hydroxylation is 2. The van der Waals surface area contributed by atoms with Crippen LogP contribution in [0, 0.1) is 12.7 Å². The highest BCUT2D eigenvalue weighted by atomic mass is 19.1. The number of fused-ring (bicyclic) bond motifs is 1. The zero-order valence-corrected chi connectivity index (χ0v) is 16.9. The van der Waals surface area contributed by atoms with Crippen molar-refractivity contribution in [1.29, 1.82) is 0 Å². The second-order valence-corrected chi connectivity index (χ2v) is 8.47.